The summed E-state index contributed by atoms with van der Waals surface area (Å²) in [6, 6.07) is 5.98. The van der Waals surface area contributed by atoms with Crippen LogP contribution in [0, 0.1) is 0 Å². The molecule has 0 aliphatic rings. The van der Waals surface area contributed by atoms with Gasteiger partial charge in [-0.3, -0.25) is 4.98 Å². The van der Waals surface area contributed by atoms with Gasteiger partial charge in [-0.1, -0.05) is 6.07 Å². The Bertz CT molecular complexity index is 544. The fourth-order valence-corrected chi connectivity index (χ4v) is 1.99. The quantitative estimate of drug-likeness (QED) is 0.725. The summed E-state index contributed by atoms with van der Waals surface area (Å²) in [5, 5.41) is 3.25. The van der Waals surface area contributed by atoms with Crippen molar-refractivity contribution in [2.24, 2.45) is 5.73 Å². The molecule has 0 bridgehead atoms. The predicted octanol–water partition coefficient (Wildman–Crippen LogP) is 1.12. The molecule has 17 heavy (non-hydrogen) atoms. The highest BCUT2D eigenvalue weighted by molar-refractivity contribution is 5.72. The Balaban J connectivity index is 2.30. The molecular weight excluding hydrogens is 218 g/mol. The van der Waals surface area contributed by atoms with Gasteiger partial charge >= 0.3 is 5.76 Å². The van der Waals surface area contributed by atoms with Crippen molar-refractivity contribution in [3.8, 4) is 0 Å². The first kappa shape index (κ1) is 11.9. The van der Waals surface area contributed by atoms with Crippen molar-refractivity contribution in [2.45, 2.75) is 18.9 Å². The summed E-state index contributed by atoms with van der Waals surface area (Å²) < 4.78 is 4.97. The zero-order valence-corrected chi connectivity index (χ0v) is 9.82. The van der Waals surface area contributed by atoms with Gasteiger partial charge in [0.15, 0.2) is 5.58 Å². The summed E-state index contributed by atoms with van der Waals surface area (Å²) in [5.74, 6) is -0.417. The number of nitrogens with one attached hydrogen (secondary N) is 2. The van der Waals surface area contributed by atoms with Crippen molar-refractivity contribution >= 4 is 11.1 Å². The average Bonchev–Trinajstić information content (AvgIpc) is 2.69. The Morgan fingerprint density at radius 1 is 1.53 bits per heavy atom. The first-order valence-electron chi connectivity index (χ1n) is 5.74. The topological polar surface area (TPSA) is 84.0 Å². The largest absolute Gasteiger partial charge is 0.417 e. The van der Waals surface area contributed by atoms with Gasteiger partial charge < -0.3 is 15.5 Å². The SMILES string of the molecule is CNC(CCCN)c1ccc2oc(=O)[nH]c2c1. The van der Waals surface area contributed by atoms with Gasteiger partial charge in [0, 0.05) is 6.04 Å². The van der Waals surface area contributed by atoms with E-state index in [0.29, 0.717) is 12.1 Å². The van der Waals surface area contributed by atoms with Crippen molar-refractivity contribution < 1.29 is 4.42 Å². The van der Waals surface area contributed by atoms with E-state index in [9.17, 15) is 4.79 Å². The van der Waals surface area contributed by atoms with Gasteiger partial charge in [0.25, 0.3) is 0 Å². The van der Waals surface area contributed by atoms with Crippen molar-refractivity contribution in [1.82, 2.24) is 10.3 Å². The van der Waals surface area contributed by atoms with E-state index < -0.39 is 5.76 Å². The van der Waals surface area contributed by atoms with Crippen LogP contribution in [0.5, 0.6) is 0 Å². The van der Waals surface area contributed by atoms with Crippen LogP contribution in [0.1, 0.15) is 24.4 Å². The Labute approximate surface area is 99.0 Å². The van der Waals surface area contributed by atoms with Gasteiger partial charge in [-0.15, -0.1) is 0 Å². The van der Waals surface area contributed by atoms with E-state index in [1.54, 1.807) is 0 Å². The van der Waals surface area contributed by atoms with E-state index in [1.807, 2.05) is 25.2 Å². The number of benzene rings is 1. The lowest BCUT2D eigenvalue weighted by Crippen LogP contribution is -2.17. The van der Waals surface area contributed by atoms with Crippen LogP contribution in [-0.2, 0) is 0 Å². The molecule has 0 amide bonds. The van der Waals surface area contributed by atoms with E-state index in [1.165, 1.54) is 0 Å². The molecule has 0 aliphatic carbocycles. The molecule has 0 fully saturated rings. The highest BCUT2D eigenvalue weighted by atomic mass is 16.4. The maximum absolute atomic E-state index is 11.1. The Morgan fingerprint density at radius 3 is 3.06 bits per heavy atom. The number of nitrogens with two attached hydrogens (primary N) is 1. The van der Waals surface area contributed by atoms with Crippen LogP contribution in [0.25, 0.3) is 11.1 Å². The van der Waals surface area contributed by atoms with E-state index >= 15 is 0 Å². The molecule has 4 N–H and O–H groups in total. The molecule has 0 saturated heterocycles. The maximum atomic E-state index is 11.1. The lowest BCUT2D eigenvalue weighted by molar-refractivity contribution is 0.531. The third kappa shape index (κ3) is 2.57. The van der Waals surface area contributed by atoms with Gasteiger partial charge in [-0.25, -0.2) is 4.79 Å². The fourth-order valence-electron chi connectivity index (χ4n) is 1.99. The van der Waals surface area contributed by atoms with E-state index in [2.05, 4.69) is 10.3 Å². The molecular formula is C12H17N3O2. The molecule has 0 saturated carbocycles. The third-order valence-corrected chi connectivity index (χ3v) is 2.89. The molecule has 92 valence electrons. The molecule has 1 aromatic heterocycles. The highest BCUT2D eigenvalue weighted by Gasteiger charge is 2.10. The molecule has 5 nitrogen and oxygen atoms in total. The second kappa shape index (κ2) is 5.16. The number of fused-ring (bicyclic) bond motifs is 1. The molecule has 1 unspecified atom stereocenters. The Morgan fingerprint density at radius 2 is 2.35 bits per heavy atom. The Kier molecular flexibility index (Phi) is 3.61. The monoisotopic (exact) mass is 235 g/mol. The Hall–Kier alpha value is -1.59. The predicted molar refractivity (Wildman–Crippen MR) is 66.9 cm³/mol. The number of oxazole rings is 1. The molecule has 5 heteroatoms. The lowest BCUT2D eigenvalue weighted by Gasteiger charge is -2.15. The third-order valence-electron chi connectivity index (χ3n) is 2.89. The normalized spacial score (nSPS) is 13.1. The van der Waals surface area contributed by atoms with Crippen molar-refractivity contribution in [1.29, 1.82) is 0 Å². The number of hydrogen-bond acceptors (Lipinski definition) is 4. The van der Waals surface area contributed by atoms with Crippen molar-refractivity contribution in [3.63, 3.8) is 0 Å². The number of hydrogen-bond donors (Lipinski definition) is 3. The average molecular weight is 235 g/mol. The molecule has 1 aromatic carbocycles. The molecule has 1 heterocycles. The van der Waals surface area contributed by atoms with Crippen molar-refractivity contribution in [2.75, 3.05) is 13.6 Å². The van der Waals surface area contributed by atoms with Gasteiger partial charge in [0.2, 0.25) is 0 Å². The summed E-state index contributed by atoms with van der Waals surface area (Å²) in [7, 11) is 1.92. The van der Waals surface area contributed by atoms with Crippen LogP contribution in [0.2, 0.25) is 0 Å². The van der Waals surface area contributed by atoms with Crippen LogP contribution in [0.4, 0.5) is 0 Å². The molecule has 1 atom stereocenters. The molecule has 2 rings (SSSR count). The van der Waals surface area contributed by atoms with E-state index in [0.717, 1.165) is 23.9 Å². The van der Waals surface area contributed by atoms with Crippen molar-refractivity contribution in [3.05, 3.63) is 34.3 Å². The fraction of sp³-hybridized carbons (Fsp3) is 0.417. The van der Waals surface area contributed by atoms with Crippen LogP contribution < -0.4 is 16.8 Å². The minimum absolute atomic E-state index is 0.251. The minimum atomic E-state index is -0.417. The zero-order valence-electron chi connectivity index (χ0n) is 9.82. The summed E-state index contributed by atoms with van der Waals surface area (Å²) in [6.07, 6.45) is 1.94. The minimum Gasteiger partial charge on any atom is -0.408 e. The van der Waals surface area contributed by atoms with Crippen LogP contribution in [-0.4, -0.2) is 18.6 Å². The van der Waals surface area contributed by atoms with Crippen LogP contribution in [0.15, 0.2) is 27.4 Å². The summed E-state index contributed by atoms with van der Waals surface area (Å²) in [6.45, 7) is 0.683. The highest BCUT2D eigenvalue weighted by Crippen LogP contribution is 2.21. The summed E-state index contributed by atoms with van der Waals surface area (Å²) >= 11 is 0. The lowest BCUT2D eigenvalue weighted by atomic mass is 10.0. The molecule has 0 spiro atoms. The molecule has 0 radical (unpaired) electrons. The first-order chi connectivity index (χ1) is 8.24. The second-order valence-electron chi connectivity index (χ2n) is 4.04. The smallest absolute Gasteiger partial charge is 0.408 e. The number of H-pyrrole nitrogens is 1. The van der Waals surface area contributed by atoms with E-state index in [4.69, 9.17) is 10.2 Å². The van der Waals surface area contributed by atoms with Gasteiger partial charge in [0.05, 0.1) is 5.52 Å². The first-order valence-corrected chi connectivity index (χ1v) is 5.74. The van der Waals surface area contributed by atoms with E-state index in [-0.39, 0.29) is 6.04 Å². The second-order valence-corrected chi connectivity index (χ2v) is 4.04. The standard InChI is InChI=1S/C12H17N3O2/c1-14-9(3-2-6-13)8-4-5-11-10(7-8)15-12(16)17-11/h4-5,7,9,14H,2-3,6,13H2,1H3,(H,15,16). The maximum Gasteiger partial charge on any atom is 0.417 e. The van der Waals surface area contributed by atoms with Gasteiger partial charge in [-0.05, 0) is 44.1 Å². The number of aromatic nitrogens is 1. The summed E-state index contributed by atoms with van der Waals surface area (Å²) in [4.78, 5) is 13.7. The van der Waals surface area contributed by atoms with Crippen LogP contribution in [0.3, 0.4) is 0 Å². The zero-order chi connectivity index (χ0) is 12.3. The van der Waals surface area contributed by atoms with Gasteiger partial charge in [0.1, 0.15) is 0 Å². The summed E-state index contributed by atoms with van der Waals surface area (Å²) in [5.41, 5.74) is 7.97. The van der Waals surface area contributed by atoms with Crippen LogP contribution >= 0.6 is 0 Å². The molecule has 2 aromatic rings. The number of rotatable bonds is 5. The molecule has 0 aliphatic heterocycles. The van der Waals surface area contributed by atoms with Gasteiger partial charge in [-0.2, -0.15) is 0 Å². The number of aromatic amines is 1.